The van der Waals surface area contributed by atoms with E-state index in [-0.39, 0.29) is 6.29 Å². The van der Waals surface area contributed by atoms with Gasteiger partial charge in [-0.2, -0.15) is 5.10 Å². The first kappa shape index (κ1) is 10.0. The van der Waals surface area contributed by atoms with Crippen molar-refractivity contribution >= 4 is 17.1 Å². The van der Waals surface area contributed by atoms with Crippen LogP contribution < -0.4 is 0 Å². The molecular weight excluding hydrogens is 230 g/mol. The zero-order valence-corrected chi connectivity index (χ0v) is 9.44. The van der Waals surface area contributed by atoms with Crippen molar-refractivity contribution in [3.05, 3.63) is 28.8 Å². The first-order valence-electron chi connectivity index (χ1n) is 4.99. The molecule has 0 aromatic carbocycles. The van der Waals surface area contributed by atoms with Crippen LogP contribution in [0.2, 0.25) is 5.15 Å². The third-order valence-electron chi connectivity index (χ3n) is 2.59. The van der Waals surface area contributed by atoms with Crippen LogP contribution in [0.5, 0.6) is 0 Å². The van der Waals surface area contributed by atoms with Crippen LogP contribution >= 0.6 is 11.6 Å². The van der Waals surface area contributed by atoms with Gasteiger partial charge in [0.2, 0.25) is 0 Å². The Labute approximate surface area is 96.9 Å². The molecule has 5 nitrogen and oxygen atoms in total. The second kappa shape index (κ2) is 3.69. The van der Waals surface area contributed by atoms with Gasteiger partial charge in [0.15, 0.2) is 11.4 Å². The summed E-state index contributed by atoms with van der Waals surface area (Å²) < 4.78 is 12.7. The van der Waals surface area contributed by atoms with E-state index in [2.05, 4.69) is 10.1 Å². The van der Waals surface area contributed by atoms with Gasteiger partial charge in [-0.25, -0.2) is 9.50 Å². The lowest BCUT2D eigenvalue weighted by Gasteiger charge is -2.07. The Kier molecular flexibility index (Phi) is 2.31. The SMILES string of the molecule is Cc1cc(C2OCCO2)c2c(Cl)ncnn12. The van der Waals surface area contributed by atoms with E-state index < -0.39 is 0 Å². The summed E-state index contributed by atoms with van der Waals surface area (Å²) in [6.45, 7) is 3.16. The van der Waals surface area contributed by atoms with Crippen molar-refractivity contribution in [3.63, 3.8) is 0 Å². The minimum Gasteiger partial charge on any atom is -0.346 e. The maximum atomic E-state index is 6.07. The Morgan fingerprint density at radius 2 is 2.19 bits per heavy atom. The summed E-state index contributed by atoms with van der Waals surface area (Å²) in [6.07, 6.45) is 1.08. The molecule has 0 radical (unpaired) electrons. The van der Waals surface area contributed by atoms with Gasteiger partial charge >= 0.3 is 0 Å². The van der Waals surface area contributed by atoms with Crippen LogP contribution in [-0.2, 0) is 9.47 Å². The molecule has 0 aliphatic carbocycles. The molecule has 16 heavy (non-hydrogen) atoms. The number of nitrogens with zero attached hydrogens (tertiary/aromatic N) is 3. The van der Waals surface area contributed by atoms with E-state index in [1.54, 1.807) is 4.52 Å². The Hall–Kier alpha value is -1.17. The second-order valence-electron chi connectivity index (χ2n) is 3.63. The monoisotopic (exact) mass is 239 g/mol. The number of ether oxygens (including phenoxy) is 2. The summed E-state index contributed by atoms with van der Waals surface area (Å²) >= 11 is 6.07. The summed E-state index contributed by atoms with van der Waals surface area (Å²) in [5.41, 5.74) is 2.63. The molecular formula is C10H10ClN3O2. The first-order chi connectivity index (χ1) is 7.77. The molecule has 3 heterocycles. The van der Waals surface area contributed by atoms with Crippen molar-refractivity contribution in [3.8, 4) is 0 Å². The zero-order valence-electron chi connectivity index (χ0n) is 8.68. The highest BCUT2D eigenvalue weighted by molar-refractivity contribution is 6.32. The van der Waals surface area contributed by atoms with E-state index in [9.17, 15) is 0 Å². The summed E-state index contributed by atoms with van der Waals surface area (Å²) in [5, 5.41) is 4.56. The average Bonchev–Trinajstić information content (AvgIpc) is 2.87. The number of hydrogen-bond acceptors (Lipinski definition) is 4. The molecule has 2 aromatic rings. The quantitative estimate of drug-likeness (QED) is 0.761. The summed E-state index contributed by atoms with van der Waals surface area (Å²) in [6, 6.07) is 1.96. The lowest BCUT2D eigenvalue weighted by atomic mass is 10.2. The molecule has 2 aromatic heterocycles. The van der Waals surface area contributed by atoms with Crippen molar-refractivity contribution in [2.75, 3.05) is 13.2 Å². The van der Waals surface area contributed by atoms with Crippen LogP contribution in [0, 0.1) is 6.92 Å². The molecule has 0 bridgehead atoms. The first-order valence-corrected chi connectivity index (χ1v) is 5.37. The van der Waals surface area contributed by atoms with E-state index in [0.29, 0.717) is 18.4 Å². The van der Waals surface area contributed by atoms with Crippen LogP contribution in [0.15, 0.2) is 12.4 Å². The lowest BCUT2D eigenvalue weighted by molar-refractivity contribution is -0.0430. The van der Waals surface area contributed by atoms with Crippen molar-refractivity contribution in [2.24, 2.45) is 0 Å². The van der Waals surface area contributed by atoms with Crippen molar-refractivity contribution in [1.29, 1.82) is 0 Å². The predicted molar refractivity (Wildman–Crippen MR) is 57.4 cm³/mol. The molecule has 84 valence electrons. The van der Waals surface area contributed by atoms with Gasteiger partial charge in [0.1, 0.15) is 11.8 Å². The fourth-order valence-corrected chi connectivity index (χ4v) is 2.15. The third-order valence-corrected chi connectivity index (χ3v) is 2.87. The van der Waals surface area contributed by atoms with Crippen LogP contribution in [0.3, 0.4) is 0 Å². The molecule has 6 heteroatoms. The number of hydrogen-bond donors (Lipinski definition) is 0. The molecule has 1 fully saturated rings. The highest BCUT2D eigenvalue weighted by atomic mass is 35.5. The molecule has 0 saturated carbocycles. The van der Waals surface area contributed by atoms with Gasteiger partial charge in [0.25, 0.3) is 0 Å². The van der Waals surface area contributed by atoms with Gasteiger partial charge in [-0.3, -0.25) is 0 Å². The van der Waals surface area contributed by atoms with Crippen LogP contribution in [-0.4, -0.2) is 27.8 Å². The van der Waals surface area contributed by atoms with E-state index >= 15 is 0 Å². The van der Waals surface area contributed by atoms with Gasteiger partial charge in [-0.1, -0.05) is 11.6 Å². The highest BCUT2D eigenvalue weighted by Gasteiger charge is 2.24. The van der Waals surface area contributed by atoms with Gasteiger partial charge in [0.05, 0.1) is 13.2 Å². The van der Waals surface area contributed by atoms with Gasteiger partial charge in [0, 0.05) is 11.3 Å². The maximum Gasteiger partial charge on any atom is 0.186 e. The fraction of sp³-hybridized carbons (Fsp3) is 0.400. The summed E-state index contributed by atoms with van der Waals surface area (Å²) in [4.78, 5) is 3.98. The van der Waals surface area contributed by atoms with Crippen molar-refractivity contribution < 1.29 is 9.47 Å². The largest absolute Gasteiger partial charge is 0.346 e. The van der Waals surface area contributed by atoms with Crippen LogP contribution in [0.4, 0.5) is 0 Å². The predicted octanol–water partition coefficient (Wildman–Crippen LogP) is 1.74. The van der Waals surface area contributed by atoms with E-state index in [4.69, 9.17) is 21.1 Å². The summed E-state index contributed by atoms with van der Waals surface area (Å²) in [5.74, 6) is 0. The zero-order chi connectivity index (χ0) is 11.1. The summed E-state index contributed by atoms with van der Waals surface area (Å²) in [7, 11) is 0. The molecule has 1 aliphatic heterocycles. The van der Waals surface area contributed by atoms with Gasteiger partial charge in [-0.15, -0.1) is 0 Å². The van der Waals surface area contributed by atoms with E-state index in [0.717, 1.165) is 16.8 Å². The standard InChI is InChI=1S/C10H10ClN3O2/c1-6-4-7(10-15-2-3-16-10)8-9(11)12-5-13-14(6)8/h4-5,10H,2-3H2,1H3. The highest BCUT2D eigenvalue weighted by Crippen LogP contribution is 2.31. The smallest absolute Gasteiger partial charge is 0.186 e. The van der Waals surface area contributed by atoms with Crippen LogP contribution in [0.25, 0.3) is 5.52 Å². The molecule has 1 aliphatic rings. The lowest BCUT2D eigenvalue weighted by Crippen LogP contribution is -2.00. The van der Waals surface area contributed by atoms with Crippen LogP contribution in [0.1, 0.15) is 17.5 Å². The average molecular weight is 240 g/mol. The number of fused-ring (bicyclic) bond motifs is 1. The molecule has 0 N–H and O–H groups in total. The molecule has 0 amide bonds. The Morgan fingerprint density at radius 3 is 2.94 bits per heavy atom. The third kappa shape index (κ3) is 1.40. The number of halogens is 1. The molecule has 0 unspecified atom stereocenters. The van der Waals surface area contributed by atoms with Crippen molar-refractivity contribution in [2.45, 2.75) is 13.2 Å². The molecule has 0 atom stereocenters. The van der Waals surface area contributed by atoms with Crippen molar-refractivity contribution in [1.82, 2.24) is 14.6 Å². The minimum absolute atomic E-state index is 0.354. The Morgan fingerprint density at radius 1 is 1.44 bits per heavy atom. The topological polar surface area (TPSA) is 48.7 Å². The normalized spacial score (nSPS) is 17.4. The number of aryl methyl sites for hydroxylation is 1. The molecule has 1 saturated heterocycles. The van der Waals surface area contributed by atoms with E-state index in [1.807, 2.05) is 13.0 Å². The number of aromatic nitrogens is 3. The number of rotatable bonds is 1. The fourth-order valence-electron chi connectivity index (χ4n) is 1.92. The van der Waals surface area contributed by atoms with E-state index in [1.165, 1.54) is 6.33 Å². The van der Waals surface area contributed by atoms with Gasteiger partial charge in [-0.05, 0) is 13.0 Å². The van der Waals surface area contributed by atoms with Gasteiger partial charge < -0.3 is 9.47 Å². The molecule has 3 rings (SSSR count). The Balaban J connectivity index is 2.24. The second-order valence-corrected chi connectivity index (χ2v) is 3.98. The maximum absolute atomic E-state index is 6.07. The minimum atomic E-state index is -0.354. The Bertz CT molecular complexity index is 534. The molecule has 0 spiro atoms.